The number of aliphatic imine (C=N–C) groups is 1. The van der Waals surface area contributed by atoms with Crippen LogP contribution in [0.25, 0.3) is 0 Å². The van der Waals surface area contributed by atoms with Crippen molar-refractivity contribution < 1.29 is 13.2 Å². The zero-order valence-corrected chi connectivity index (χ0v) is 12.3. The van der Waals surface area contributed by atoms with Crippen LogP contribution in [0.5, 0.6) is 0 Å². The molecule has 108 valence electrons. The zero-order chi connectivity index (χ0) is 15.3. The first-order valence-corrected chi connectivity index (χ1v) is 7.95. The number of ketones is 1. The summed E-state index contributed by atoms with van der Waals surface area (Å²) < 4.78 is 25.0. The van der Waals surface area contributed by atoms with Crippen LogP contribution in [-0.4, -0.2) is 25.7 Å². The summed E-state index contributed by atoms with van der Waals surface area (Å²) in [6.45, 7) is 1.25. The molecule has 0 aromatic heterocycles. The Hall–Kier alpha value is -2.27. The summed E-state index contributed by atoms with van der Waals surface area (Å²) in [4.78, 5) is 15.9. The van der Waals surface area contributed by atoms with E-state index in [2.05, 4.69) is 4.99 Å². The van der Waals surface area contributed by atoms with Gasteiger partial charge < -0.3 is 0 Å². The predicted molar refractivity (Wildman–Crippen MR) is 82.7 cm³/mol. The van der Waals surface area contributed by atoms with E-state index >= 15 is 0 Å². The quantitative estimate of drug-likeness (QED) is 0.798. The van der Waals surface area contributed by atoms with Crippen LogP contribution in [0.2, 0.25) is 0 Å². The average Bonchev–Trinajstić information content (AvgIpc) is 2.49. The SMILES string of the molecule is CC(=O)C(C=Nc1ccccc1)S(=O)(=O)c1ccccc1. The Labute approximate surface area is 124 Å². The lowest BCUT2D eigenvalue weighted by Gasteiger charge is -2.10. The number of Topliss-reactive ketones (excluding diaryl/α,β-unsaturated/α-hetero) is 1. The number of nitrogens with zero attached hydrogens (tertiary/aromatic N) is 1. The monoisotopic (exact) mass is 301 g/mol. The first-order chi connectivity index (χ1) is 10.0. The molecule has 0 amide bonds. The third-order valence-electron chi connectivity index (χ3n) is 2.92. The smallest absolute Gasteiger partial charge is 0.193 e. The summed E-state index contributed by atoms with van der Waals surface area (Å²) in [6.07, 6.45) is 1.19. The Morgan fingerprint density at radius 2 is 1.52 bits per heavy atom. The highest BCUT2D eigenvalue weighted by molar-refractivity contribution is 7.93. The summed E-state index contributed by atoms with van der Waals surface area (Å²) >= 11 is 0. The molecule has 4 nitrogen and oxygen atoms in total. The lowest BCUT2D eigenvalue weighted by molar-refractivity contribution is -0.115. The van der Waals surface area contributed by atoms with E-state index < -0.39 is 20.9 Å². The van der Waals surface area contributed by atoms with Gasteiger partial charge in [-0.1, -0.05) is 36.4 Å². The topological polar surface area (TPSA) is 63.6 Å². The van der Waals surface area contributed by atoms with Crippen molar-refractivity contribution in [2.24, 2.45) is 4.99 Å². The van der Waals surface area contributed by atoms with Crippen molar-refractivity contribution in [2.75, 3.05) is 0 Å². The molecule has 0 aliphatic carbocycles. The van der Waals surface area contributed by atoms with Gasteiger partial charge in [0, 0.05) is 6.21 Å². The highest BCUT2D eigenvalue weighted by atomic mass is 32.2. The second-order valence-corrected chi connectivity index (χ2v) is 6.57. The van der Waals surface area contributed by atoms with Gasteiger partial charge in [0.15, 0.2) is 20.9 Å². The molecular formula is C16H15NO3S. The summed E-state index contributed by atoms with van der Waals surface area (Å²) in [5, 5.41) is -1.28. The third-order valence-corrected chi connectivity index (χ3v) is 4.97. The predicted octanol–water partition coefficient (Wildman–Crippen LogP) is 2.82. The molecule has 2 aromatic rings. The molecule has 0 fully saturated rings. The van der Waals surface area contributed by atoms with Gasteiger partial charge >= 0.3 is 0 Å². The summed E-state index contributed by atoms with van der Waals surface area (Å²) in [7, 11) is -3.77. The molecule has 21 heavy (non-hydrogen) atoms. The van der Waals surface area contributed by atoms with Gasteiger partial charge in [-0.05, 0) is 31.2 Å². The van der Waals surface area contributed by atoms with Crippen molar-refractivity contribution in [1.29, 1.82) is 0 Å². The van der Waals surface area contributed by atoms with E-state index in [0.717, 1.165) is 0 Å². The summed E-state index contributed by atoms with van der Waals surface area (Å²) in [5.41, 5.74) is 0.604. The van der Waals surface area contributed by atoms with Gasteiger partial charge in [-0.25, -0.2) is 8.42 Å². The van der Waals surface area contributed by atoms with Crippen LogP contribution in [0.3, 0.4) is 0 Å². The molecule has 0 radical (unpaired) electrons. The second kappa shape index (κ2) is 6.45. The maximum Gasteiger partial charge on any atom is 0.193 e. The largest absolute Gasteiger partial charge is 0.298 e. The fraction of sp³-hybridized carbons (Fsp3) is 0.125. The van der Waals surface area contributed by atoms with Crippen LogP contribution in [0.4, 0.5) is 5.69 Å². The Morgan fingerprint density at radius 1 is 1.00 bits per heavy atom. The normalized spacial score (nSPS) is 13.2. The van der Waals surface area contributed by atoms with Gasteiger partial charge in [0.2, 0.25) is 0 Å². The molecule has 0 N–H and O–H groups in total. The summed E-state index contributed by atoms with van der Waals surface area (Å²) in [6, 6.07) is 16.8. The van der Waals surface area contributed by atoms with Gasteiger partial charge in [-0.15, -0.1) is 0 Å². The lowest BCUT2D eigenvalue weighted by Crippen LogP contribution is -2.30. The van der Waals surface area contributed by atoms with E-state index in [1.807, 2.05) is 6.07 Å². The number of hydrogen-bond donors (Lipinski definition) is 0. The van der Waals surface area contributed by atoms with Gasteiger partial charge in [0.1, 0.15) is 0 Å². The molecule has 5 heteroatoms. The minimum atomic E-state index is -3.77. The van der Waals surface area contributed by atoms with Gasteiger partial charge in [-0.2, -0.15) is 0 Å². The van der Waals surface area contributed by atoms with Crippen LogP contribution in [0.1, 0.15) is 6.92 Å². The van der Waals surface area contributed by atoms with E-state index in [0.29, 0.717) is 5.69 Å². The van der Waals surface area contributed by atoms with Crippen LogP contribution in [0, 0.1) is 0 Å². The minimum Gasteiger partial charge on any atom is -0.298 e. The van der Waals surface area contributed by atoms with E-state index in [1.54, 1.807) is 42.5 Å². The molecule has 0 bridgehead atoms. The highest BCUT2D eigenvalue weighted by Crippen LogP contribution is 2.17. The lowest BCUT2D eigenvalue weighted by atomic mass is 10.3. The number of carbonyl (C=O) groups excluding carboxylic acids is 1. The van der Waals surface area contributed by atoms with Crippen molar-refractivity contribution in [1.82, 2.24) is 0 Å². The fourth-order valence-electron chi connectivity index (χ4n) is 1.83. The van der Waals surface area contributed by atoms with Gasteiger partial charge in [-0.3, -0.25) is 9.79 Å². The molecule has 1 atom stereocenters. The van der Waals surface area contributed by atoms with Crippen molar-refractivity contribution in [2.45, 2.75) is 17.1 Å². The van der Waals surface area contributed by atoms with E-state index in [-0.39, 0.29) is 4.90 Å². The van der Waals surface area contributed by atoms with Gasteiger partial charge in [0.25, 0.3) is 0 Å². The first-order valence-electron chi connectivity index (χ1n) is 6.40. The molecule has 2 rings (SSSR count). The Morgan fingerprint density at radius 3 is 2.05 bits per heavy atom. The Balaban J connectivity index is 2.36. The molecule has 1 unspecified atom stereocenters. The Kier molecular flexibility index (Phi) is 4.65. The number of carbonyl (C=O) groups is 1. The van der Waals surface area contributed by atoms with Crippen LogP contribution >= 0.6 is 0 Å². The first kappa shape index (κ1) is 15.1. The van der Waals surface area contributed by atoms with Crippen molar-refractivity contribution >= 4 is 27.5 Å². The van der Waals surface area contributed by atoms with Crippen molar-refractivity contribution in [3.63, 3.8) is 0 Å². The van der Waals surface area contributed by atoms with Gasteiger partial charge in [0.05, 0.1) is 10.6 Å². The summed E-state index contributed by atoms with van der Waals surface area (Å²) in [5.74, 6) is -0.460. The number of hydrogen-bond acceptors (Lipinski definition) is 4. The molecule has 0 saturated carbocycles. The van der Waals surface area contributed by atoms with Crippen LogP contribution < -0.4 is 0 Å². The molecule has 0 aliphatic rings. The molecule has 2 aromatic carbocycles. The molecule has 0 aliphatic heterocycles. The standard InChI is InChI=1S/C16H15NO3S/c1-13(18)16(12-17-14-8-4-2-5-9-14)21(19,20)15-10-6-3-7-11-15/h2-12,16H,1H3. The van der Waals surface area contributed by atoms with Crippen LogP contribution in [-0.2, 0) is 14.6 Å². The zero-order valence-electron chi connectivity index (χ0n) is 11.5. The minimum absolute atomic E-state index is 0.115. The maximum atomic E-state index is 12.5. The van der Waals surface area contributed by atoms with Crippen LogP contribution in [0.15, 0.2) is 70.6 Å². The number of sulfone groups is 1. The highest BCUT2D eigenvalue weighted by Gasteiger charge is 2.29. The van der Waals surface area contributed by atoms with Crippen molar-refractivity contribution in [3.8, 4) is 0 Å². The van der Waals surface area contributed by atoms with E-state index in [9.17, 15) is 13.2 Å². The molecular weight excluding hydrogens is 286 g/mol. The number of benzene rings is 2. The van der Waals surface area contributed by atoms with E-state index in [4.69, 9.17) is 0 Å². The number of rotatable bonds is 5. The fourth-order valence-corrected chi connectivity index (χ4v) is 3.32. The Bertz CT molecular complexity index is 738. The molecule has 0 heterocycles. The van der Waals surface area contributed by atoms with E-state index in [1.165, 1.54) is 25.3 Å². The molecule has 0 spiro atoms. The number of para-hydroxylation sites is 1. The molecule has 0 saturated heterocycles. The maximum absolute atomic E-state index is 12.5. The van der Waals surface area contributed by atoms with Crippen molar-refractivity contribution in [3.05, 3.63) is 60.7 Å². The average molecular weight is 301 g/mol. The second-order valence-electron chi connectivity index (χ2n) is 4.50. The third kappa shape index (κ3) is 3.64.